The number of carbonyl (C=O) groups excluding carboxylic acids is 1. The molecule has 1 rings (SSSR count). The predicted molar refractivity (Wildman–Crippen MR) is 118 cm³/mol. The average molecular weight is 382 g/mol. The van der Waals surface area contributed by atoms with E-state index < -0.39 is 0 Å². The first-order valence-electron chi connectivity index (χ1n) is 10.2. The van der Waals surface area contributed by atoms with Crippen LogP contribution in [0, 0.1) is 11.3 Å². The molecule has 27 heavy (non-hydrogen) atoms. The summed E-state index contributed by atoms with van der Waals surface area (Å²) < 4.78 is 0. The molecule has 0 aliphatic rings. The van der Waals surface area contributed by atoms with Gasteiger partial charge in [-0.25, -0.2) is 0 Å². The third kappa shape index (κ3) is 8.44. The van der Waals surface area contributed by atoms with Crippen molar-refractivity contribution in [2.24, 2.45) is 11.3 Å². The van der Waals surface area contributed by atoms with E-state index in [1.54, 1.807) is 0 Å². The van der Waals surface area contributed by atoms with Gasteiger partial charge in [0, 0.05) is 5.52 Å². The Hall–Kier alpha value is -0.0826. The molecule has 1 aromatic rings. The molecule has 148 valence electrons. The van der Waals surface area contributed by atoms with Crippen LogP contribution < -0.4 is 18.9 Å². The molecule has 0 aliphatic carbocycles. The van der Waals surface area contributed by atoms with Gasteiger partial charge in [0.15, 0.2) is 0 Å². The predicted octanol–water partition coefficient (Wildman–Crippen LogP) is 5.22. The Kier molecular flexibility index (Phi) is 11.2. The average Bonchev–Trinajstić information content (AvgIpc) is 2.49. The number of rotatable bonds is 8. The standard InChI is InChI=1S/C24H40OP.Li/c1-15(2)19-11-20(16(3)4)22(21(12-19)17(5)6)23(25)26-14-18(7)13-24(8,9)10;/h11-12,15-18H,13-14H2,1-10H3;/q-1;+1. The van der Waals surface area contributed by atoms with Gasteiger partial charge in [0.1, 0.15) is 0 Å². The number of hydrogen-bond donors (Lipinski definition) is 0. The van der Waals surface area contributed by atoms with Crippen molar-refractivity contribution >= 4 is 14.1 Å². The Balaban J connectivity index is 0.00000676. The molecule has 0 N–H and O–H groups in total. The molecule has 0 radical (unpaired) electrons. The summed E-state index contributed by atoms with van der Waals surface area (Å²) in [6, 6.07) is 4.56. The smallest absolute Gasteiger partial charge is 0.459 e. The fraction of sp³-hybridized carbons (Fsp3) is 0.708. The Morgan fingerprint density at radius 2 is 1.33 bits per heavy atom. The van der Waals surface area contributed by atoms with Crippen LogP contribution in [0.25, 0.3) is 0 Å². The summed E-state index contributed by atoms with van der Waals surface area (Å²) in [6.07, 6.45) is 2.12. The van der Waals surface area contributed by atoms with Crippen LogP contribution in [0.4, 0.5) is 0 Å². The second-order valence-corrected chi connectivity index (χ2v) is 11.1. The molecule has 0 saturated heterocycles. The zero-order valence-corrected chi connectivity index (χ0v) is 20.6. The SMILES string of the molecule is CC(C[P-]C(=O)c1c(C(C)C)cc(C(C)C)cc1C(C)C)CC(C)(C)C.[Li+]. The van der Waals surface area contributed by atoms with Gasteiger partial charge in [-0.3, -0.25) is 0 Å². The van der Waals surface area contributed by atoms with E-state index in [1.165, 1.54) is 16.7 Å². The molecule has 1 nitrogen and oxygen atoms in total. The quantitative estimate of drug-likeness (QED) is 0.445. The van der Waals surface area contributed by atoms with Crippen molar-refractivity contribution < 1.29 is 23.7 Å². The van der Waals surface area contributed by atoms with Gasteiger partial charge in [-0.2, -0.15) is 6.16 Å². The summed E-state index contributed by atoms with van der Waals surface area (Å²) in [5.41, 5.74) is 5.47. The molecular formula is C24H40LiOP. The Bertz CT molecular complexity index is 582. The largest absolute Gasteiger partial charge is 1.00 e. The molecule has 0 fully saturated rings. The van der Waals surface area contributed by atoms with Crippen molar-refractivity contribution in [3.8, 4) is 0 Å². The van der Waals surface area contributed by atoms with E-state index in [1.807, 2.05) is 0 Å². The third-order valence-corrected chi connectivity index (χ3v) is 6.17. The molecule has 0 saturated carbocycles. The molecule has 0 bridgehead atoms. The second kappa shape index (κ2) is 11.2. The molecule has 1 atom stereocenters. The topological polar surface area (TPSA) is 17.1 Å². The fourth-order valence-corrected chi connectivity index (χ4v) is 4.65. The molecule has 0 aliphatic heterocycles. The molecule has 1 unspecified atom stereocenters. The van der Waals surface area contributed by atoms with E-state index >= 15 is 0 Å². The van der Waals surface area contributed by atoms with Crippen LogP contribution in [-0.4, -0.2) is 11.7 Å². The van der Waals surface area contributed by atoms with Crippen molar-refractivity contribution in [3.05, 3.63) is 34.4 Å². The molecule has 3 heteroatoms. The van der Waals surface area contributed by atoms with Gasteiger partial charge in [0.2, 0.25) is 0 Å². The van der Waals surface area contributed by atoms with E-state index in [9.17, 15) is 4.79 Å². The summed E-state index contributed by atoms with van der Waals surface area (Å²) in [4.78, 5) is 13.2. The zero-order chi connectivity index (χ0) is 20.2. The Labute approximate surface area is 182 Å². The van der Waals surface area contributed by atoms with E-state index in [4.69, 9.17) is 0 Å². The molecule has 0 heterocycles. The van der Waals surface area contributed by atoms with Gasteiger partial charge in [-0.15, -0.1) is 0 Å². The summed E-state index contributed by atoms with van der Waals surface area (Å²) in [7, 11) is 0.949. The minimum Gasteiger partial charge on any atom is -0.459 e. The summed E-state index contributed by atoms with van der Waals surface area (Å²) in [5, 5.41) is 0. The summed E-state index contributed by atoms with van der Waals surface area (Å²) in [5.74, 6) is 1.79. The van der Waals surface area contributed by atoms with Gasteiger partial charge in [0.05, 0.1) is 0 Å². The third-order valence-electron chi connectivity index (χ3n) is 4.85. The van der Waals surface area contributed by atoms with Crippen LogP contribution in [0.1, 0.15) is 120 Å². The van der Waals surface area contributed by atoms with E-state index in [0.29, 0.717) is 34.6 Å². The summed E-state index contributed by atoms with van der Waals surface area (Å²) >= 11 is 0. The first-order chi connectivity index (χ1) is 11.8. The van der Waals surface area contributed by atoms with Crippen LogP contribution in [-0.2, 0) is 0 Å². The molecule has 0 spiro atoms. The van der Waals surface area contributed by atoms with Crippen molar-refractivity contribution in [1.82, 2.24) is 0 Å². The number of hydrogen-bond acceptors (Lipinski definition) is 1. The minimum absolute atomic E-state index is 0. The van der Waals surface area contributed by atoms with Crippen LogP contribution in [0.2, 0.25) is 0 Å². The number of carbonyl (C=O) groups is 1. The molecule has 0 aromatic heterocycles. The maximum absolute atomic E-state index is 13.2. The second-order valence-electron chi connectivity index (χ2n) is 10.1. The monoisotopic (exact) mass is 382 g/mol. The Morgan fingerprint density at radius 3 is 1.67 bits per heavy atom. The van der Waals surface area contributed by atoms with E-state index in [2.05, 4.69) is 81.4 Å². The minimum atomic E-state index is 0. The Morgan fingerprint density at radius 1 is 0.889 bits per heavy atom. The normalized spacial score (nSPS) is 13.7. The van der Waals surface area contributed by atoms with Crippen molar-refractivity contribution in [2.45, 2.75) is 93.4 Å². The van der Waals surface area contributed by atoms with Gasteiger partial charge in [0.25, 0.3) is 0 Å². The van der Waals surface area contributed by atoms with E-state index in [0.717, 1.165) is 26.7 Å². The van der Waals surface area contributed by atoms with Crippen molar-refractivity contribution in [3.63, 3.8) is 0 Å². The van der Waals surface area contributed by atoms with E-state index in [-0.39, 0.29) is 18.9 Å². The van der Waals surface area contributed by atoms with Gasteiger partial charge >= 0.3 is 18.9 Å². The molecule has 0 amide bonds. The van der Waals surface area contributed by atoms with Crippen LogP contribution >= 0.6 is 8.58 Å². The van der Waals surface area contributed by atoms with Gasteiger partial charge < -0.3 is 13.4 Å². The van der Waals surface area contributed by atoms with Crippen molar-refractivity contribution in [2.75, 3.05) is 6.16 Å². The fourth-order valence-electron chi connectivity index (χ4n) is 3.63. The first-order valence-corrected chi connectivity index (χ1v) is 11.3. The van der Waals surface area contributed by atoms with Gasteiger partial charge in [-0.05, 0) is 51.8 Å². The summed E-state index contributed by atoms with van der Waals surface area (Å²) in [6.45, 7) is 22.4. The zero-order valence-electron chi connectivity index (χ0n) is 19.7. The van der Waals surface area contributed by atoms with Crippen LogP contribution in [0.15, 0.2) is 12.1 Å². The van der Waals surface area contributed by atoms with Crippen LogP contribution in [0.3, 0.4) is 0 Å². The maximum atomic E-state index is 13.2. The number of benzene rings is 1. The van der Waals surface area contributed by atoms with Gasteiger partial charge in [-0.1, -0.05) is 87.3 Å². The van der Waals surface area contributed by atoms with Crippen molar-refractivity contribution in [1.29, 1.82) is 0 Å². The first kappa shape index (κ1) is 26.9. The molecule has 1 aromatic carbocycles. The van der Waals surface area contributed by atoms with Crippen LogP contribution in [0.5, 0.6) is 0 Å². The maximum Gasteiger partial charge on any atom is 1.00 e. The molecular weight excluding hydrogens is 342 g/mol.